The summed E-state index contributed by atoms with van der Waals surface area (Å²) in [4.78, 5) is 11.7. The molecule has 0 atom stereocenters. The molecule has 2 aromatic rings. The third-order valence-corrected chi connectivity index (χ3v) is 2.72. The number of nitriles is 1. The van der Waals surface area contributed by atoms with Crippen LogP contribution in [0.2, 0.25) is 0 Å². The lowest BCUT2D eigenvalue weighted by molar-refractivity contribution is 0.0514. The van der Waals surface area contributed by atoms with Gasteiger partial charge >= 0.3 is 5.97 Å². The standard InChI is InChI=1S/C15H14N2O2/c1-2-19-15(18)14-7-4-8-17(14)11-13-6-3-5-12(9-13)10-16/h3-9H,2,11H2,1H3. The van der Waals surface area contributed by atoms with E-state index in [0.717, 1.165) is 5.56 Å². The molecule has 1 aromatic carbocycles. The number of carbonyl (C=O) groups is 1. The van der Waals surface area contributed by atoms with Crippen LogP contribution in [0.25, 0.3) is 0 Å². The summed E-state index contributed by atoms with van der Waals surface area (Å²) in [6.07, 6.45) is 1.82. The first-order chi connectivity index (χ1) is 9.24. The van der Waals surface area contributed by atoms with Gasteiger partial charge in [-0.05, 0) is 36.8 Å². The zero-order valence-electron chi connectivity index (χ0n) is 10.7. The molecular formula is C15H14N2O2. The van der Waals surface area contributed by atoms with Crippen LogP contribution in [0.1, 0.15) is 28.5 Å². The summed E-state index contributed by atoms with van der Waals surface area (Å²) in [7, 11) is 0. The van der Waals surface area contributed by atoms with Crippen LogP contribution in [0, 0.1) is 11.3 Å². The summed E-state index contributed by atoms with van der Waals surface area (Å²) in [5.74, 6) is -0.330. The molecule has 19 heavy (non-hydrogen) atoms. The monoisotopic (exact) mass is 254 g/mol. The Bertz CT molecular complexity index is 623. The van der Waals surface area contributed by atoms with E-state index < -0.39 is 0 Å². The van der Waals surface area contributed by atoms with E-state index >= 15 is 0 Å². The van der Waals surface area contributed by atoms with Gasteiger partial charge in [-0.3, -0.25) is 0 Å². The number of rotatable bonds is 4. The molecule has 0 saturated carbocycles. The van der Waals surface area contributed by atoms with Crippen LogP contribution in [0.3, 0.4) is 0 Å². The van der Waals surface area contributed by atoms with Crippen molar-refractivity contribution in [1.82, 2.24) is 4.57 Å². The van der Waals surface area contributed by atoms with E-state index in [2.05, 4.69) is 6.07 Å². The average molecular weight is 254 g/mol. The van der Waals surface area contributed by atoms with E-state index in [1.165, 1.54) is 0 Å². The molecular weight excluding hydrogens is 240 g/mol. The Balaban J connectivity index is 2.22. The predicted molar refractivity (Wildman–Crippen MR) is 70.6 cm³/mol. The molecule has 96 valence electrons. The summed E-state index contributed by atoms with van der Waals surface area (Å²) in [5.41, 5.74) is 2.10. The van der Waals surface area contributed by atoms with Crippen LogP contribution in [0.15, 0.2) is 42.6 Å². The van der Waals surface area contributed by atoms with Gasteiger partial charge in [0.25, 0.3) is 0 Å². The first-order valence-corrected chi connectivity index (χ1v) is 6.06. The molecule has 4 heteroatoms. The molecule has 0 aliphatic heterocycles. The minimum Gasteiger partial charge on any atom is -0.461 e. The van der Waals surface area contributed by atoms with Crippen molar-refractivity contribution in [3.05, 3.63) is 59.4 Å². The van der Waals surface area contributed by atoms with Crippen molar-refractivity contribution in [1.29, 1.82) is 5.26 Å². The van der Waals surface area contributed by atoms with Crippen LogP contribution in [-0.4, -0.2) is 17.1 Å². The highest BCUT2D eigenvalue weighted by Gasteiger charge is 2.11. The van der Waals surface area contributed by atoms with Crippen molar-refractivity contribution >= 4 is 5.97 Å². The van der Waals surface area contributed by atoms with Crippen LogP contribution in [0.5, 0.6) is 0 Å². The van der Waals surface area contributed by atoms with E-state index in [4.69, 9.17) is 10.00 Å². The fourth-order valence-corrected chi connectivity index (χ4v) is 1.88. The van der Waals surface area contributed by atoms with Crippen LogP contribution < -0.4 is 0 Å². The predicted octanol–water partition coefficient (Wildman–Crippen LogP) is 2.58. The third-order valence-electron chi connectivity index (χ3n) is 2.72. The number of hydrogen-bond acceptors (Lipinski definition) is 3. The van der Waals surface area contributed by atoms with Gasteiger partial charge < -0.3 is 9.30 Å². The van der Waals surface area contributed by atoms with Gasteiger partial charge in [0, 0.05) is 12.7 Å². The number of nitrogens with zero attached hydrogens (tertiary/aromatic N) is 2. The Hall–Kier alpha value is -2.54. The molecule has 0 spiro atoms. The van der Waals surface area contributed by atoms with Crippen LogP contribution >= 0.6 is 0 Å². The number of benzene rings is 1. The number of esters is 1. The highest BCUT2D eigenvalue weighted by Crippen LogP contribution is 2.11. The van der Waals surface area contributed by atoms with Crippen molar-refractivity contribution in [2.75, 3.05) is 6.61 Å². The van der Waals surface area contributed by atoms with E-state index in [-0.39, 0.29) is 5.97 Å². The van der Waals surface area contributed by atoms with Gasteiger partial charge in [-0.25, -0.2) is 4.79 Å². The molecule has 2 rings (SSSR count). The minimum atomic E-state index is -0.330. The molecule has 0 aliphatic carbocycles. The fourth-order valence-electron chi connectivity index (χ4n) is 1.88. The molecule has 0 unspecified atom stereocenters. The molecule has 0 fully saturated rings. The quantitative estimate of drug-likeness (QED) is 0.788. The minimum absolute atomic E-state index is 0.330. The van der Waals surface area contributed by atoms with E-state index in [9.17, 15) is 4.79 Å². The van der Waals surface area contributed by atoms with Gasteiger partial charge in [-0.15, -0.1) is 0 Å². The Morgan fingerprint density at radius 3 is 2.95 bits per heavy atom. The van der Waals surface area contributed by atoms with Crippen LogP contribution in [-0.2, 0) is 11.3 Å². The maximum absolute atomic E-state index is 11.7. The lowest BCUT2D eigenvalue weighted by Gasteiger charge is -2.08. The second-order valence-electron chi connectivity index (χ2n) is 4.05. The summed E-state index contributed by atoms with van der Waals surface area (Å²) < 4.78 is 6.81. The molecule has 0 amide bonds. The van der Waals surface area contributed by atoms with Crippen LogP contribution in [0.4, 0.5) is 0 Å². The summed E-state index contributed by atoms with van der Waals surface area (Å²) >= 11 is 0. The topological polar surface area (TPSA) is 55.0 Å². The summed E-state index contributed by atoms with van der Waals surface area (Å²) in [5, 5.41) is 8.87. The maximum Gasteiger partial charge on any atom is 0.354 e. The van der Waals surface area contributed by atoms with E-state index in [1.54, 1.807) is 25.1 Å². The van der Waals surface area contributed by atoms with Gasteiger partial charge in [0.05, 0.1) is 18.2 Å². The SMILES string of the molecule is CCOC(=O)c1cccn1Cc1cccc(C#N)c1. The molecule has 0 bridgehead atoms. The Morgan fingerprint density at radius 2 is 2.21 bits per heavy atom. The van der Waals surface area contributed by atoms with E-state index in [1.807, 2.05) is 29.0 Å². The van der Waals surface area contributed by atoms with Crippen molar-refractivity contribution in [2.24, 2.45) is 0 Å². The molecule has 0 saturated heterocycles. The zero-order valence-corrected chi connectivity index (χ0v) is 10.7. The molecule has 0 radical (unpaired) electrons. The lowest BCUT2D eigenvalue weighted by Crippen LogP contribution is -2.12. The number of ether oxygens (including phenoxy) is 1. The highest BCUT2D eigenvalue weighted by molar-refractivity contribution is 5.87. The van der Waals surface area contributed by atoms with E-state index in [0.29, 0.717) is 24.4 Å². The molecule has 4 nitrogen and oxygen atoms in total. The third kappa shape index (κ3) is 3.02. The largest absolute Gasteiger partial charge is 0.461 e. The summed E-state index contributed by atoms with van der Waals surface area (Å²) in [6, 6.07) is 13.0. The normalized spacial score (nSPS) is 9.89. The average Bonchev–Trinajstić information content (AvgIpc) is 2.87. The first-order valence-electron chi connectivity index (χ1n) is 6.06. The highest BCUT2D eigenvalue weighted by atomic mass is 16.5. The zero-order chi connectivity index (χ0) is 13.7. The number of hydrogen-bond donors (Lipinski definition) is 0. The Labute approximate surface area is 111 Å². The number of carbonyl (C=O) groups excluding carboxylic acids is 1. The molecule has 1 aromatic heterocycles. The Kier molecular flexibility index (Phi) is 3.99. The fraction of sp³-hybridized carbons (Fsp3) is 0.200. The molecule has 0 N–H and O–H groups in total. The first kappa shape index (κ1) is 12.9. The van der Waals surface area contributed by atoms with Gasteiger partial charge in [-0.2, -0.15) is 5.26 Å². The lowest BCUT2D eigenvalue weighted by atomic mass is 10.1. The van der Waals surface area contributed by atoms with Gasteiger partial charge in [0.1, 0.15) is 5.69 Å². The molecule has 1 heterocycles. The van der Waals surface area contributed by atoms with Crippen molar-refractivity contribution in [2.45, 2.75) is 13.5 Å². The summed E-state index contributed by atoms with van der Waals surface area (Å²) in [6.45, 7) is 2.67. The van der Waals surface area contributed by atoms with Gasteiger partial charge in [0.15, 0.2) is 0 Å². The smallest absolute Gasteiger partial charge is 0.354 e. The maximum atomic E-state index is 11.7. The van der Waals surface area contributed by atoms with Crippen molar-refractivity contribution in [3.63, 3.8) is 0 Å². The number of aromatic nitrogens is 1. The second kappa shape index (κ2) is 5.87. The Morgan fingerprint density at radius 1 is 1.37 bits per heavy atom. The molecule has 0 aliphatic rings. The van der Waals surface area contributed by atoms with Crippen molar-refractivity contribution in [3.8, 4) is 6.07 Å². The van der Waals surface area contributed by atoms with Crippen molar-refractivity contribution < 1.29 is 9.53 Å². The van der Waals surface area contributed by atoms with Gasteiger partial charge in [0.2, 0.25) is 0 Å². The van der Waals surface area contributed by atoms with Gasteiger partial charge in [-0.1, -0.05) is 12.1 Å². The second-order valence-corrected chi connectivity index (χ2v) is 4.05.